The third kappa shape index (κ3) is 5.69. The van der Waals surface area contributed by atoms with Crippen LogP contribution in [0.25, 0.3) is 0 Å². The summed E-state index contributed by atoms with van der Waals surface area (Å²) in [7, 11) is 0. The molecule has 4 aromatic rings. The van der Waals surface area contributed by atoms with Crippen LogP contribution in [0, 0.1) is 21.4 Å². The van der Waals surface area contributed by atoms with Crippen molar-refractivity contribution in [2.24, 2.45) is 5.73 Å². The van der Waals surface area contributed by atoms with Crippen LogP contribution in [0.5, 0.6) is 28.7 Å². The molecule has 1 aliphatic heterocycles. The topological polar surface area (TPSA) is 147 Å². The molecule has 10 heteroatoms. The van der Waals surface area contributed by atoms with Gasteiger partial charge in [0.25, 0.3) is 5.69 Å². The number of nitriles is 1. The van der Waals surface area contributed by atoms with E-state index in [1.54, 1.807) is 12.1 Å². The quantitative estimate of drug-likeness (QED) is 0.132. The third-order valence-corrected chi connectivity index (χ3v) is 6.00. The fraction of sp³-hybridized carbons (Fsp3) is 0.0667. The van der Waals surface area contributed by atoms with Crippen LogP contribution in [0.3, 0.4) is 0 Å². The Morgan fingerprint density at radius 2 is 1.65 bits per heavy atom. The number of nitrogens with two attached hydrogens (primary N) is 1. The average Bonchev–Trinajstić information content (AvgIpc) is 2.96. The molecule has 1 aliphatic rings. The van der Waals surface area contributed by atoms with Crippen LogP contribution in [-0.4, -0.2) is 17.5 Å². The molecule has 1 heterocycles. The van der Waals surface area contributed by atoms with Crippen LogP contribution in [0.15, 0.2) is 109 Å². The number of nitro benzene ring substituents is 1. The number of non-ortho nitro benzene ring substituents is 1. The first-order chi connectivity index (χ1) is 19.4. The summed E-state index contributed by atoms with van der Waals surface area (Å²) in [6.07, 6.45) is 0. The molecular weight excluding hydrogens is 514 g/mol. The molecule has 0 radical (unpaired) electrons. The number of rotatable bonds is 8. The number of carbonyl (C=O) groups is 1. The minimum absolute atomic E-state index is 0.0561. The van der Waals surface area contributed by atoms with Gasteiger partial charge in [0.05, 0.1) is 10.8 Å². The Balaban J connectivity index is 1.33. The summed E-state index contributed by atoms with van der Waals surface area (Å²) in [4.78, 5) is 22.6. The van der Waals surface area contributed by atoms with Crippen molar-refractivity contribution in [3.05, 3.63) is 130 Å². The molecule has 40 heavy (non-hydrogen) atoms. The molecule has 5 rings (SSSR count). The normalized spacial score (nSPS) is 13.8. The number of fused-ring (bicyclic) bond motifs is 1. The van der Waals surface area contributed by atoms with Gasteiger partial charge in [-0.15, -0.1) is 0 Å². The van der Waals surface area contributed by atoms with Crippen LogP contribution in [0.4, 0.5) is 5.69 Å². The highest BCUT2D eigenvalue weighted by atomic mass is 16.6. The number of carbonyl (C=O) groups excluding carboxylic acids is 1. The fourth-order valence-corrected chi connectivity index (χ4v) is 4.19. The maximum absolute atomic E-state index is 12.4. The third-order valence-electron chi connectivity index (χ3n) is 6.00. The molecule has 10 nitrogen and oxygen atoms in total. The van der Waals surface area contributed by atoms with Gasteiger partial charge in [0.2, 0.25) is 5.88 Å². The number of hydrogen-bond acceptors (Lipinski definition) is 9. The highest BCUT2D eigenvalue weighted by Gasteiger charge is 2.31. The minimum atomic E-state index is -0.697. The van der Waals surface area contributed by atoms with Gasteiger partial charge in [0.15, 0.2) is 6.61 Å². The van der Waals surface area contributed by atoms with E-state index in [2.05, 4.69) is 6.07 Å². The SMILES string of the molecule is N#CC1=C(N)Oc2cc(OC(=O)COc3ccc([N+](=O)[O-])cc3)ccc2C1c1cccc(Oc2ccccc2)c1. The van der Waals surface area contributed by atoms with Crippen molar-refractivity contribution < 1.29 is 28.7 Å². The molecule has 0 saturated heterocycles. The Hall–Kier alpha value is -5.82. The molecule has 4 aromatic carbocycles. The first-order valence-corrected chi connectivity index (χ1v) is 12.0. The van der Waals surface area contributed by atoms with Crippen LogP contribution in [0.1, 0.15) is 17.0 Å². The Kier molecular flexibility index (Phi) is 7.28. The van der Waals surface area contributed by atoms with E-state index in [1.165, 1.54) is 30.3 Å². The van der Waals surface area contributed by atoms with Gasteiger partial charge in [-0.3, -0.25) is 10.1 Å². The molecule has 0 spiro atoms. The average molecular weight is 536 g/mol. The summed E-state index contributed by atoms with van der Waals surface area (Å²) in [5.74, 6) is 0.763. The molecule has 0 aliphatic carbocycles. The second-order valence-electron chi connectivity index (χ2n) is 8.63. The number of benzene rings is 4. The van der Waals surface area contributed by atoms with Gasteiger partial charge in [0, 0.05) is 23.8 Å². The van der Waals surface area contributed by atoms with Crippen LogP contribution in [0.2, 0.25) is 0 Å². The summed E-state index contributed by atoms with van der Waals surface area (Å²) < 4.78 is 22.4. The minimum Gasteiger partial charge on any atom is -0.482 e. The second kappa shape index (κ2) is 11.3. The van der Waals surface area contributed by atoms with E-state index in [1.807, 2.05) is 54.6 Å². The van der Waals surface area contributed by atoms with Crippen LogP contribution in [-0.2, 0) is 4.79 Å². The van der Waals surface area contributed by atoms with Gasteiger partial charge in [-0.1, -0.05) is 36.4 Å². The van der Waals surface area contributed by atoms with Crippen molar-refractivity contribution in [3.8, 4) is 34.8 Å². The predicted octanol–water partition coefficient (Wildman–Crippen LogP) is 5.59. The van der Waals surface area contributed by atoms with Crippen LogP contribution < -0.4 is 24.7 Å². The largest absolute Gasteiger partial charge is 0.482 e. The van der Waals surface area contributed by atoms with E-state index >= 15 is 0 Å². The molecule has 198 valence electrons. The number of para-hydroxylation sites is 1. The van der Waals surface area contributed by atoms with Crippen molar-refractivity contribution in [2.75, 3.05) is 6.61 Å². The number of ether oxygens (including phenoxy) is 4. The molecule has 0 amide bonds. The monoisotopic (exact) mass is 535 g/mol. The van der Waals surface area contributed by atoms with Crippen molar-refractivity contribution in [1.29, 1.82) is 5.26 Å². The zero-order valence-corrected chi connectivity index (χ0v) is 20.9. The van der Waals surface area contributed by atoms with Gasteiger partial charge in [-0.2, -0.15) is 5.26 Å². The lowest BCUT2D eigenvalue weighted by atomic mass is 9.83. The maximum atomic E-state index is 12.4. The summed E-state index contributed by atoms with van der Waals surface area (Å²) in [5.41, 5.74) is 7.69. The molecule has 1 atom stereocenters. The molecular formula is C30H21N3O7. The zero-order chi connectivity index (χ0) is 28.1. The molecule has 0 bridgehead atoms. The fourth-order valence-electron chi connectivity index (χ4n) is 4.19. The lowest BCUT2D eigenvalue weighted by Crippen LogP contribution is -2.21. The van der Waals surface area contributed by atoms with Crippen molar-refractivity contribution in [2.45, 2.75) is 5.92 Å². The van der Waals surface area contributed by atoms with Crippen molar-refractivity contribution >= 4 is 11.7 Å². The number of nitrogens with zero attached hydrogens (tertiary/aromatic N) is 2. The highest BCUT2D eigenvalue weighted by Crippen LogP contribution is 2.44. The zero-order valence-electron chi connectivity index (χ0n) is 20.9. The van der Waals surface area contributed by atoms with Crippen LogP contribution >= 0.6 is 0 Å². The van der Waals surface area contributed by atoms with Crippen molar-refractivity contribution in [1.82, 2.24) is 0 Å². The summed E-state index contributed by atoms with van der Waals surface area (Å²) in [6.45, 7) is -0.423. The molecule has 1 unspecified atom stereocenters. The van der Waals surface area contributed by atoms with Gasteiger partial charge in [-0.05, 0) is 48.0 Å². The first kappa shape index (κ1) is 25.8. The lowest BCUT2D eigenvalue weighted by molar-refractivity contribution is -0.384. The number of esters is 1. The Morgan fingerprint density at radius 1 is 0.925 bits per heavy atom. The number of allylic oxidation sites excluding steroid dienone is 1. The van der Waals surface area contributed by atoms with E-state index < -0.39 is 23.4 Å². The maximum Gasteiger partial charge on any atom is 0.349 e. The summed E-state index contributed by atoms with van der Waals surface area (Å²) >= 11 is 0. The van der Waals surface area contributed by atoms with E-state index in [0.29, 0.717) is 22.8 Å². The van der Waals surface area contributed by atoms with E-state index in [4.69, 9.17) is 24.7 Å². The Labute approximate surface area is 228 Å². The number of hydrogen-bond donors (Lipinski definition) is 1. The van der Waals surface area contributed by atoms with Crippen molar-refractivity contribution in [3.63, 3.8) is 0 Å². The van der Waals surface area contributed by atoms with Gasteiger partial charge in [-0.25, -0.2) is 4.79 Å². The van der Waals surface area contributed by atoms with E-state index in [-0.39, 0.29) is 28.6 Å². The van der Waals surface area contributed by atoms with Gasteiger partial charge < -0.3 is 24.7 Å². The first-order valence-electron chi connectivity index (χ1n) is 12.0. The second-order valence-corrected chi connectivity index (χ2v) is 8.63. The lowest BCUT2D eigenvalue weighted by Gasteiger charge is -2.27. The molecule has 2 N–H and O–H groups in total. The predicted molar refractivity (Wildman–Crippen MR) is 143 cm³/mol. The molecule has 0 aromatic heterocycles. The standard InChI is InChI=1S/C30H21N3O7/c31-17-26-29(19-5-4-8-23(15-19)38-22-6-2-1-3-7-22)25-14-13-24(16-27(25)40-30(26)32)39-28(34)18-37-21-11-9-20(10-12-21)33(35)36/h1-16,29H,18,32H2. The van der Waals surface area contributed by atoms with E-state index in [0.717, 1.165) is 5.56 Å². The molecule has 0 fully saturated rings. The molecule has 0 saturated carbocycles. The Morgan fingerprint density at radius 3 is 2.38 bits per heavy atom. The highest BCUT2D eigenvalue weighted by molar-refractivity contribution is 5.74. The van der Waals surface area contributed by atoms with Gasteiger partial charge >= 0.3 is 5.97 Å². The summed E-state index contributed by atoms with van der Waals surface area (Å²) in [5, 5.41) is 20.6. The number of nitro groups is 1. The van der Waals surface area contributed by atoms with Gasteiger partial charge in [0.1, 0.15) is 40.4 Å². The Bertz CT molecular complexity index is 1640. The smallest absolute Gasteiger partial charge is 0.349 e. The van der Waals surface area contributed by atoms with E-state index in [9.17, 15) is 20.2 Å². The summed E-state index contributed by atoms with van der Waals surface area (Å²) in [6, 6.07) is 28.9.